The predicted molar refractivity (Wildman–Crippen MR) is 399 cm³/mol. The maximum absolute atomic E-state index is 9.95. The van der Waals surface area contributed by atoms with E-state index in [1.165, 1.54) is 444 Å². The van der Waals surface area contributed by atoms with Crippen LogP contribution in [-0.2, 0) is 27.2 Å². The molecule has 0 atom stereocenters. The third-order valence-electron chi connectivity index (χ3n) is 18.9. The zero-order chi connectivity index (χ0) is 67.8. The Morgan fingerprint density at radius 2 is 0.275 bits per heavy atom. The van der Waals surface area contributed by atoms with Gasteiger partial charge in [-0.2, -0.15) is 0 Å². The summed E-state index contributed by atoms with van der Waals surface area (Å²) < 4.78 is 35.4. The molecule has 0 bridgehead atoms. The van der Waals surface area contributed by atoms with E-state index < -0.39 is 15.6 Å². The molecule has 0 spiro atoms. The third-order valence-corrected chi connectivity index (χ3v) is 20.7. The summed E-state index contributed by atoms with van der Waals surface area (Å²) in [6, 6.07) is 0. The molecule has 91 heavy (non-hydrogen) atoms. The van der Waals surface area contributed by atoms with Gasteiger partial charge in [0, 0.05) is 28.4 Å². The van der Waals surface area contributed by atoms with E-state index in [2.05, 4.69) is 59.6 Å². The van der Waals surface area contributed by atoms with Crippen molar-refractivity contribution in [2.75, 3.05) is 67.7 Å². The minimum atomic E-state index is -3.90. The van der Waals surface area contributed by atoms with Crippen LogP contribution in [0.5, 0.6) is 0 Å². The number of nitrogens with one attached hydrogen (secondary N) is 2. The molecule has 0 aliphatic carbocycles. The van der Waals surface area contributed by atoms with Gasteiger partial charge in [-0.15, -0.1) is 0 Å². The molecule has 0 aliphatic rings. The van der Waals surface area contributed by atoms with Gasteiger partial charge in [0.1, 0.15) is 0 Å². The first-order valence-corrected chi connectivity index (χ1v) is 43.9. The average molecular weight is 1340 g/mol. The normalized spacial score (nSPS) is 11.7. The molecule has 0 radical (unpaired) electrons. The lowest BCUT2D eigenvalue weighted by Crippen LogP contribution is -3.12. The molecular weight excluding hydrogens is 1170 g/mol. The van der Waals surface area contributed by atoms with Crippen molar-refractivity contribution in [2.45, 2.75) is 446 Å². The smallest absolute Gasteiger partial charge is 0.267 e. The molecule has 0 saturated heterocycles. The average Bonchev–Trinajstić information content (AvgIpc) is 3.68. The molecule has 0 heterocycles. The highest BCUT2D eigenvalue weighted by Gasteiger charge is 2.11. The van der Waals surface area contributed by atoms with E-state index in [1.807, 2.05) is 9.80 Å². The second-order valence-corrected chi connectivity index (χ2v) is 31.0. The molecule has 0 amide bonds. The van der Waals surface area contributed by atoms with Crippen molar-refractivity contribution in [1.29, 1.82) is 0 Å². The van der Waals surface area contributed by atoms with Gasteiger partial charge in [-0.25, -0.2) is 0 Å². The van der Waals surface area contributed by atoms with Crippen LogP contribution in [0.2, 0.25) is 0 Å². The van der Waals surface area contributed by atoms with E-state index in [9.17, 15) is 18.9 Å². The Hall–Kier alpha value is 0.140. The molecule has 554 valence electrons. The second kappa shape index (κ2) is 86.2. The van der Waals surface area contributed by atoms with Gasteiger partial charge in [0.25, 0.3) is 15.6 Å². The van der Waals surface area contributed by atoms with Crippen LogP contribution < -0.4 is 19.6 Å². The van der Waals surface area contributed by atoms with Gasteiger partial charge in [0.2, 0.25) is 0 Å². The van der Waals surface area contributed by atoms with Gasteiger partial charge in [-0.1, -0.05) is 369 Å². The number of rotatable bonds is 73. The molecule has 0 aliphatic heterocycles. The standard InChI is InChI=1S/C45H93N.C30H63N.2C2H7O4P/c1-4-7-10-13-16-19-22-25-28-31-34-37-40-43-46(44-41-38-35-32-29-26-23-20-17-14-11-8-5-2)45-42-39-36-33-30-27-24-21-18-15-12-9-6-3;1-4-7-10-13-16-19-22-25-28-31(29-26-23-20-17-14-11-8-5-2)30-27-24-21-18-15-12-9-6-3;2*1-5-7(3,4)6-2/h4-45H2,1-3H3;4-30H2,1-3H3;2*1-2H3,(H,3,4). The van der Waals surface area contributed by atoms with Crippen molar-refractivity contribution in [1.82, 2.24) is 0 Å². The quantitative estimate of drug-likeness (QED) is 0.0456. The highest BCUT2D eigenvalue weighted by molar-refractivity contribution is 7.46. The molecule has 0 aromatic rings. The van der Waals surface area contributed by atoms with Gasteiger partial charge < -0.3 is 37.7 Å². The van der Waals surface area contributed by atoms with Gasteiger partial charge in [0.15, 0.2) is 0 Å². The summed E-state index contributed by atoms with van der Waals surface area (Å²) in [4.78, 5) is 23.8. The maximum Gasteiger partial charge on any atom is 0.267 e. The van der Waals surface area contributed by atoms with Crippen molar-refractivity contribution in [3.8, 4) is 0 Å². The summed E-state index contributed by atoms with van der Waals surface area (Å²) >= 11 is 0. The van der Waals surface area contributed by atoms with Crippen LogP contribution in [-0.4, -0.2) is 67.7 Å². The van der Waals surface area contributed by atoms with E-state index in [4.69, 9.17) is 0 Å². The van der Waals surface area contributed by atoms with E-state index in [0.717, 1.165) is 28.4 Å². The molecule has 0 fully saturated rings. The lowest BCUT2D eigenvalue weighted by molar-refractivity contribution is -0.901. The number of phosphoric ester groups is 2. The number of quaternary nitrogens is 2. The molecule has 0 aromatic carbocycles. The summed E-state index contributed by atoms with van der Waals surface area (Å²) in [6.07, 6.45) is 92.3. The summed E-state index contributed by atoms with van der Waals surface area (Å²) in [5.41, 5.74) is 0. The van der Waals surface area contributed by atoms with Crippen LogP contribution in [0, 0.1) is 0 Å². The molecule has 12 heteroatoms. The number of unbranched alkanes of at least 4 members (excludes halogenated alkanes) is 57. The molecule has 0 unspecified atom stereocenters. The highest BCUT2D eigenvalue weighted by Crippen LogP contribution is 2.35. The monoisotopic (exact) mass is 1340 g/mol. The first kappa shape index (κ1) is 97.5. The summed E-state index contributed by atoms with van der Waals surface area (Å²) in [7, 11) is -3.65. The Morgan fingerprint density at radius 3 is 0.352 bits per heavy atom. The van der Waals surface area contributed by atoms with Gasteiger partial charge in [-0.3, -0.25) is 9.13 Å². The van der Waals surface area contributed by atoms with Crippen LogP contribution in [0.25, 0.3) is 0 Å². The predicted octanol–water partition coefficient (Wildman–Crippen LogP) is 23.9. The van der Waals surface area contributed by atoms with Gasteiger partial charge >= 0.3 is 0 Å². The first-order valence-electron chi connectivity index (χ1n) is 41.0. The van der Waals surface area contributed by atoms with Gasteiger partial charge in [-0.05, 0) is 77.0 Å². The first-order chi connectivity index (χ1) is 44.4. The van der Waals surface area contributed by atoms with Crippen molar-refractivity contribution < 1.29 is 46.8 Å². The Balaban J connectivity index is -0.000000715. The van der Waals surface area contributed by atoms with Crippen molar-refractivity contribution in [3.63, 3.8) is 0 Å². The van der Waals surface area contributed by atoms with E-state index in [0.29, 0.717) is 0 Å². The van der Waals surface area contributed by atoms with Gasteiger partial charge in [0.05, 0.1) is 39.3 Å². The maximum atomic E-state index is 9.95. The molecule has 0 saturated carbocycles. The highest BCUT2D eigenvalue weighted by atomic mass is 31.2. The zero-order valence-electron chi connectivity index (χ0n) is 64.0. The lowest BCUT2D eigenvalue weighted by Gasteiger charge is -2.20. The summed E-state index contributed by atoms with van der Waals surface area (Å²) in [5, 5.41) is 0. The fourth-order valence-electron chi connectivity index (χ4n) is 12.6. The van der Waals surface area contributed by atoms with Crippen molar-refractivity contribution in [3.05, 3.63) is 0 Å². The number of phosphoric acid groups is 2. The summed E-state index contributed by atoms with van der Waals surface area (Å²) in [5.74, 6) is 0. The van der Waals surface area contributed by atoms with Crippen LogP contribution in [0.1, 0.15) is 446 Å². The largest absolute Gasteiger partial charge is 0.756 e. The van der Waals surface area contributed by atoms with Crippen LogP contribution in [0.3, 0.4) is 0 Å². The van der Waals surface area contributed by atoms with Crippen molar-refractivity contribution in [2.24, 2.45) is 0 Å². The number of hydrogen-bond donors (Lipinski definition) is 2. The molecule has 2 N–H and O–H groups in total. The lowest BCUT2D eigenvalue weighted by atomic mass is 10.0. The zero-order valence-corrected chi connectivity index (χ0v) is 65.7. The second-order valence-electron chi connectivity index (χ2n) is 27.8. The Morgan fingerprint density at radius 1 is 0.187 bits per heavy atom. The molecule has 0 rings (SSSR count). The molecular formula is C79H170N2O8P2. The van der Waals surface area contributed by atoms with E-state index in [-0.39, 0.29) is 0 Å². The Bertz CT molecular complexity index is 1210. The fraction of sp³-hybridized carbons (Fsp3) is 1.00. The minimum absolute atomic E-state index is 1.04. The van der Waals surface area contributed by atoms with E-state index >= 15 is 0 Å². The fourth-order valence-corrected chi connectivity index (χ4v) is 12.9. The minimum Gasteiger partial charge on any atom is -0.756 e. The van der Waals surface area contributed by atoms with E-state index in [1.54, 1.807) is 0 Å². The van der Waals surface area contributed by atoms with Crippen LogP contribution in [0.15, 0.2) is 0 Å². The van der Waals surface area contributed by atoms with Crippen LogP contribution >= 0.6 is 15.6 Å². The topological polar surface area (TPSA) is 126 Å². The summed E-state index contributed by atoms with van der Waals surface area (Å²) in [6.45, 7) is 22.6. The number of hydrogen-bond acceptors (Lipinski definition) is 8. The Kier molecular flexibility index (Phi) is 92.4. The van der Waals surface area contributed by atoms with Crippen molar-refractivity contribution >= 4 is 15.6 Å². The Labute approximate surface area is 573 Å². The SMILES string of the molecule is CCCCCCCCCCCCCCC[NH+](CCCCCCCCCCCCCCC)CCCCCCCCCCCCCCC.CCCCCCCCCC[NH+](CCCCCCCCCC)CCCCCCCCCC.COP(=O)([O-])OC.COP(=O)([O-])OC. The van der Waals surface area contributed by atoms with Crippen LogP contribution in [0.4, 0.5) is 0 Å². The third kappa shape index (κ3) is 92.2. The molecule has 10 nitrogen and oxygen atoms in total. The molecule has 0 aromatic heterocycles.